The molecule has 25 heavy (non-hydrogen) atoms. The van der Waals surface area contributed by atoms with Gasteiger partial charge in [0.05, 0.1) is 10.5 Å². The smallest absolute Gasteiger partial charge is 0.348 e. The fourth-order valence-corrected chi connectivity index (χ4v) is 1.97. The predicted molar refractivity (Wildman–Crippen MR) is 85.4 cm³/mol. The lowest BCUT2D eigenvalue weighted by Crippen LogP contribution is -2.20. The highest BCUT2D eigenvalue weighted by molar-refractivity contribution is 5.91. The van der Waals surface area contributed by atoms with Gasteiger partial charge >= 0.3 is 6.18 Å². The molecule has 0 bridgehead atoms. The number of nitro benzene ring substituents is 1. The highest BCUT2D eigenvalue weighted by Crippen LogP contribution is 2.29. The lowest BCUT2D eigenvalue weighted by Gasteiger charge is -2.06. The molecule has 1 amide bonds. The number of halogens is 3. The fraction of sp³-hybridized carbons (Fsp3) is 0.118. The molecule has 0 aliphatic carbocycles. The van der Waals surface area contributed by atoms with Crippen LogP contribution in [0.25, 0.3) is 6.08 Å². The second kappa shape index (κ2) is 7.61. The Balaban J connectivity index is 1.94. The van der Waals surface area contributed by atoms with Crippen LogP contribution in [0.4, 0.5) is 18.9 Å². The first kappa shape index (κ1) is 18.2. The number of nitrogens with zero attached hydrogens (tertiary/aromatic N) is 1. The Hall–Kier alpha value is -3.16. The molecule has 5 nitrogen and oxygen atoms in total. The third kappa shape index (κ3) is 5.45. The van der Waals surface area contributed by atoms with Gasteiger partial charge in [-0.05, 0) is 29.3 Å². The number of non-ortho nitro benzene ring substituents is 1. The van der Waals surface area contributed by atoms with Crippen LogP contribution >= 0.6 is 0 Å². The zero-order valence-electron chi connectivity index (χ0n) is 12.8. The summed E-state index contributed by atoms with van der Waals surface area (Å²) in [6.45, 7) is 0.143. The number of benzene rings is 2. The number of carbonyl (C=O) groups excluding carboxylic acids is 1. The van der Waals surface area contributed by atoms with E-state index in [0.29, 0.717) is 5.56 Å². The van der Waals surface area contributed by atoms with Crippen molar-refractivity contribution in [2.75, 3.05) is 0 Å². The summed E-state index contributed by atoms with van der Waals surface area (Å²) in [5.41, 5.74) is 0.0622. The Morgan fingerprint density at radius 2 is 1.84 bits per heavy atom. The highest BCUT2D eigenvalue weighted by atomic mass is 19.4. The summed E-state index contributed by atoms with van der Waals surface area (Å²) in [5, 5.41) is 13.1. The molecule has 130 valence electrons. The maximum absolute atomic E-state index is 12.6. The number of nitrogens with one attached hydrogen (secondary N) is 1. The quantitative estimate of drug-likeness (QED) is 0.504. The van der Waals surface area contributed by atoms with E-state index in [1.54, 1.807) is 0 Å². The zero-order valence-corrected chi connectivity index (χ0v) is 12.8. The molecule has 2 aromatic rings. The number of carbonyl (C=O) groups is 1. The van der Waals surface area contributed by atoms with Gasteiger partial charge in [0.1, 0.15) is 0 Å². The van der Waals surface area contributed by atoms with Crippen LogP contribution in [0, 0.1) is 10.1 Å². The second-order valence-corrected chi connectivity index (χ2v) is 5.10. The van der Waals surface area contributed by atoms with Crippen molar-refractivity contribution in [3.63, 3.8) is 0 Å². The molecule has 0 fully saturated rings. The summed E-state index contributed by atoms with van der Waals surface area (Å²) in [5.74, 6) is -0.490. The van der Waals surface area contributed by atoms with Gasteiger partial charge in [-0.25, -0.2) is 0 Å². The summed E-state index contributed by atoms with van der Waals surface area (Å²) in [4.78, 5) is 21.7. The molecule has 0 atom stereocenters. The summed E-state index contributed by atoms with van der Waals surface area (Å²) in [7, 11) is 0. The molecule has 0 aliphatic heterocycles. The number of rotatable bonds is 5. The lowest BCUT2D eigenvalue weighted by atomic mass is 10.1. The molecule has 0 radical (unpaired) electrons. The maximum Gasteiger partial charge on any atom is 0.416 e. The largest absolute Gasteiger partial charge is 0.416 e. The van der Waals surface area contributed by atoms with E-state index in [-0.39, 0.29) is 17.8 Å². The van der Waals surface area contributed by atoms with Crippen molar-refractivity contribution >= 4 is 17.7 Å². The minimum absolute atomic E-state index is 0.0560. The summed E-state index contributed by atoms with van der Waals surface area (Å²) in [6, 6.07) is 10.3. The van der Waals surface area contributed by atoms with Crippen molar-refractivity contribution in [3.8, 4) is 0 Å². The number of alkyl halides is 3. The minimum atomic E-state index is -4.44. The first-order chi connectivity index (χ1) is 11.8. The average molecular weight is 350 g/mol. The van der Waals surface area contributed by atoms with E-state index in [2.05, 4.69) is 5.32 Å². The van der Waals surface area contributed by atoms with Crippen LogP contribution in [0.3, 0.4) is 0 Å². The van der Waals surface area contributed by atoms with Gasteiger partial charge in [0.2, 0.25) is 5.91 Å². The Labute approximate surface area is 140 Å². The molecule has 8 heteroatoms. The Bertz CT molecular complexity index is 800. The van der Waals surface area contributed by atoms with E-state index >= 15 is 0 Å². The minimum Gasteiger partial charge on any atom is -0.348 e. The van der Waals surface area contributed by atoms with Crippen molar-refractivity contribution in [2.24, 2.45) is 0 Å². The molecule has 0 unspecified atom stereocenters. The fourth-order valence-electron chi connectivity index (χ4n) is 1.97. The van der Waals surface area contributed by atoms with Crippen LogP contribution in [0.15, 0.2) is 54.6 Å². The van der Waals surface area contributed by atoms with Crippen molar-refractivity contribution in [1.82, 2.24) is 5.32 Å². The van der Waals surface area contributed by atoms with Crippen LogP contribution in [-0.2, 0) is 17.5 Å². The van der Waals surface area contributed by atoms with Crippen LogP contribution in [-0.4, -0.2) is 10.8 Å². The van der Waals surface area contributed by atoms with Crippen LogP contribution in [0.5, 0.6) is 0 Å². The average Bonchev–Trinajstić information content (AvgIpc) is 2.58. The van der Waals surface area contributed by atoms with Gasteiger partial charge < -0.3 is 5.32 Å². The van der Waals surface area contributed by atoms with E-state index in [4.69, 9.17) is 0 Å². The number of hydrogen-bond acceptors (Lipinski definition) is 3. The third-order valence-corrected chi connectivity index (χ3v) is 3.26. The Morgan fingerprint density at radius 3 is 2.44 bits per heavy atom. The van der Waals surface area contributed by atoms with Crippen molar-refractivity contribution < 1.29 is 22.9 Å². The Morgan fingerprint density at radius 1 is 1.16 bits per heavy atom. The van der Waals surface area contributed by atoms with E-state index in [9.17, 15) is 28.1 Å². The molecule has 2 rings (SSSR count). The molecule has 0 heterocycles. The molecular formula is C17H13F3N2O3. The van der Waals surface area contributed by atoms with E-state index in [1.165, 1.54) is 42.5 Å². The van der Waals surface area contributed by atoms with Gasteiger partial charge in [-0.15, -0.1) is 0 Å². The van der Waals surface area contributed by atoms with Gasteiger partial charge in [-0.2, -0.15) is 13.2 Å². The van der Waals surface area contributed by atoms with Gasteiger partial charge in [0.25, 0.3) is 5.69 Å². The first-order valence-electron chi connectivity index (χ1n) is 7.12. The lowest BCUT2D eigenvalue weighted by molar-refractivity contribution is -0.384. The van der Waals surface area contributed by atoms with Crippen LogP contribution in [0.2, 0.25) is 0 Å². The van der Waals surface area contributed by atoms with E-state index in [0.717, 1.165) is 18.2 Å². The first-order valence-corrected chi connectivity index (χ1v) is 7.12. The number of hydrogen-bond donors (Lipinski definition) is 1. The summed E-state index contributed by atoms with van der Waals surface area (Å²) < 4.78 is 37.8. The third-order valence-electron chi connectivity index (χ3n) is 3.26. The van der Waals surface area contributed by atoms with Crippen LogP contribution in [0.1, 0.15) is 16.7 Å². The second-order valence-electron chi connectivity index (χ2n) is 5.10. The molecule has 0 saturated heterocycles. The highest BCUT2D eigenvalue weighted by Gasteiger charge is 2.30. The molecule has 0 saturated carbocycles. The Kier molecular flexibility index (Phi) is 5.53. The topological polar surface area (TPSA) is 72.2 Å². The van der Waals surface area contributed by atoms with Crippen molar-refractivity contribution in [1.29, 1.82) is 0 Å². The monoisotopic (exact) mass is 350 g/mol. The van der Waals surface area contributed by atoms with Gasteiger partial charge in [0, 0.05) is 24.8 Å². The number of amides is 1. The molecule has 0 aliphatic rings. The zero-order chi connectivity index (χ0) is 18.4. The maximum atomic E-state index is 12.6. The van der Waals surface area contributed by atoms with Crippen molar-refractivity contribution in [3.05, 3.63) is 81.4 Å². The molecule has 0 aromatic heterocycles. The standard InChI is InChI=1S/C17H13F3N2O3/c18-17(19,20)14-3-1-2-12(10-14)6-9-16(23)21-11-13-4-7-15(8-5-13)22(24)25/h1-10H,11H2,(H,21,23)/b9-6+. The predicted octanol–water partition coefficient (Wildman–Crippen LogP) is 3.94. The van der Waals surface area contributed by atoms with Crippen LogP contribution < -0.4 is 5.32 Å². The molecule has 1 N–H and O–H groups in total. The molecule has 0 spiro atoms. The SMILES string of the molecule is O=C(/C=C/c1cccc(C(F)(F)F)c1)NCc1ccc([N+](=O)[O-])cc1. The van der Waals surface area contributed by atoms with E-state index < -0.39 is 22.6 Å². The van der Waals surface area contributed by atoms with Crippen molar-refractivity contribution in [2.45, 2.75) is 12.7 Å². The summed E-state index contributed by atoms with van der Waals surface area (Å²) in [6.07, 6.45) is -2.04. The van der Waals surface area contributed by atoms with Gasteiger partial charge in [0.15, 0.2) is 0 Å². The normalized spacial score (nSPS) is 11.5. The van der Waals surface area contributed by atoms with E-state index in [1.807, 2.05) is 0 Å². The molecular weight excluding hydrogens is 337 g/mol. The summed E-state index contributed by atoms with van der Waals surface area (Å²) >= 11 is 0. The molecule has 2 aromatic carbocycles. The number of nitro groups is 1. The van der Waals surface area contributed by atoms with Gasteiger partial charge in [-0.1, -0.05) is 24.3 Å². The van der Waals surface area contributed by atoms with Gasteiger partial charge in [-0.3, -0.25) is 14.9 Å².